The van der Waals surface area contributed by atoms with Gasteiger partial charge in [0, 0.05) is 6.20 Å². The van der Waals surface area contributed by atoms with E-state index in [0.29, 0.717) is 17.7 Å². The minimum atomic E-state index is 0.422. The van der Waals surface area contributed by atoms with Crippen LogP contribution >= 0.6 is 0 Å². The van der Waals surface area contributed by atoms with E-state index in [1.54, 1.807) is 13.1 Å². The van der Waals surface area contributed by atoms with Crippen molar-refractivity contribution in [1.29, 1.82) is 0 Å². The largest absolute Gasteiger partial charge is 0.296 e. The highest BCUT2D eigenvalue weighted by Crippen LogP contribution is 1.97. The van der Waals surface area contributed by atoms with Crippen LogP contribution in [0.3, 0.4) is 0 Å². The fraction of sp³-hybridized carbons (Fsp3) is 0.286. The van der Waals surface area contributed by atoms with Crippen LogP contribution in [0.2, 0.25) is 0 Å². The van der Waals surface area contributed by atoms with Gasteiger partial charge >= 0.3 is 0 Å². The highest BCUT2D eigenvalue weighted by Gasteiger charge is 1.97. The first-order chi connectivity index (χ1) is 4.74. The third-order valence-corrected chi connectivity index (χ3v) is 1.22. The molecule has 0 amide bonds. The van der Waals surface area contributed by atoms with Gasteiger partial charge in [-0.3, -0.25) is 9.78 Å². The first kappa shape index (κ1) is 6.86. The first-order valence-corrected chi connectivity index (χ1v) is 2.99. The van der Waals surface area contributed by atoms with Crippen molar-refractivity contribution in [2.24, 2.45) is 0 Å². The average Bonchev–Trinajstić information content (AvgIpc) is 1.88. The molecule has 1 aromatic heterocycles. The lowest BCUT2D eigenvalue weighted by Gasteiger charge is -1.95. The quantitative estimate of drug-likeness (QED) is 0.539. The zero-order valence-corrected chi connectivity index (χ0v) is 5.96. The third kappa shape index (κ3) is 1.18. The lowest BCUT2D eigenvalue weighted by molar-refractivity contribution is 0.111. The summed E-state index contributed by atoms with van der Waals surface area (Å²) in [5, 5.41) is 0. The molecular formula is C7H8N2O. The number of nitrogens with zero attached hydrogens (tertiary/aromatic N) is 2. The second kappa shape index (κ2) is 2.56. The van der Waals surface area contributed by atoms with E-state index in [-0.39, 0.29) is 0 Å². The van der Waals surface area contributed by atoms with Gasteiger partial charge in [-0.15, -0.1) is 0 Å². The highest BCUT2D eigenvalue weighted by molar-refractivity contribution is 5.72. The van der Waals surface area contributed by atoms with Crippen LogP contribution in [0.5, 0.6) is 0 Å². The molecule has 0 saturated heterocycles. The van der Waals surface area contributed by atoms with Gasteiger partial charge in [-0.25, -0.2) is 4.98 Å². The fourth-order valence-corrected chi connectivity index (χ4v) is 0.723. The van der Waals surface area contributed by atoms with E-state index in [2.05, 4.69) is 9.97 Å². The summed E-state index contributed by atoms with van der Waals surface area (Å²) in [5.74, 6) is 0. The maximum atomic E-state index is 10.2. The van der Waals surface area contributed by atoms with Crippen LogP contribution in [0.1, 0.15) is 21.9 Å². The molecule has 0 radical (unpaired) electrons. The van der Waals surface area contributed by atoms with Gasteiger partial charge in [-0.1, -0.05) is 0 Å². The maximum absolute atomic E-state index is 10.2. The van der Waals surface area contributed by atoms with E-state index in [1.807, 2.05) is 6.92 Å². The van der Waals surface area contributed by atoms with Gasteiger partial charge in [0.15, 0.2) is 6.29 Å². The Bertz CT molecular complexity index is 258. The number of aldehydes is 1. The molecular weight excluding hydrogens is 128 g/mol. The molecule has 52 valence electrons. The summed E-state index contributed by atoms with van der Waals surface area (Å²) in [7, 11) is 0. The summed E-state index contributed by atoms with van der Waals surface area (Å²) < 4.78 is 0. The smallest absolute Gasteiger partial charge is 0.170 e. The second-order valence-electron chi connectivity index (χ2n) is 2.10. The summed E-state index contributed by atoms with van der Waals surface area (Å²) in [5.41, 5.74) is 1.95. The second-order valence-corrected chi connectivity index (χ2v) is 2.10. The van der Waals surface area contributed by atoms with E-state index in [0.717, 1.165) is 5.69 Å². The molecule has 0 spiro atoms. The Labute approximate surface area is 59.1 Å². The predicted octanol–water partition coefficient (Wildman–Crippen LogP) is 0.906. The van der Waals surface area contributed by atoms with Crippen molar-refractivity contribution in [3.8, 4) is 0 Å². The standard InChI is InChI=1S/C7H8N2O/c1-5-3-8-7(4-10)6(2)9-5/h3-4H,1-2H3. The predicted molar refractivity (Wildman–Crippen MR) is 36.9 cm³/mol. The van der Waals surface area contributed by atoms with Crippen LogP contribution in [-0.4, -0.2) is 16.3 Å². The van der Waals surface area contributed by atoms with Crippen LogP contribution in [0.4, 0.5) is 0 Å². The Morgan fingerprint density at radius 3 is 2.70 bits per heavy atom. The van der Waals surface area contributed by atoms with Gasteiger partial charge in [0.1, 0.15) is 5.69 Å². The number of hydrogen-bond donors (Lipinski definition) is 0. The van der Waals surface area contributed by atoms with Crippen molar-refractivity contribution in [2.75, 3.05) is 0 Å². The van der Waals surface area contributed by atoms with Crippen molar-refractivity contribution in [3.05, 3.63) is 23.3 Å². The zero-order chi connectivity index (χ0) is 7.56. The molecule has 0 aliphatic rings. The van der Waals surface area contributed by atoms with Crippen LogP contribution in [0, 0.1) is 13.8 Å². The van der Waals surface area contributed by atoms with Crippen LogP contribution in [0.25, 0.3) is 0 Å². The molecule has 0 atom stereocenters. The van der Waals surface area contributed by atoms with Crippen molar-refractivity contribution in [2.45, 2.75) is 13.8 Å². The van der Waals surface area contributed by atoms with Gasteiger partial charge in [0.05, 0.1) is 11.4 Å². The summed E-state index contributed by atoms with van der Waals surface area (Å²) in [6, 6.07) is 0. The van der Waals surface area contributed by atoms with Gasteiger partial charge in [-0.2, -0.15) is 0 Å². The van der Waals surface area contributed by atoms with Crippen molar-refractivity contribution >= 4 is 6.29 Å². The SMILES string of the molecule is Cc1cnc(C=O)c(C)n1. The summed E-state index contributed by atoms with van der Waals surface area (Å²) in [6.07, 6.45) is 2.29. The Morgan fingerprint density at radius 1 is 1.50 bits per heavy atom. The van der Waals surface area contributed by atoms with Gasteiger partial charge in [0.2, 0.25) is 0 Å². The number of carbonyl (C=O) groups is 1. The van der Waals surface area contributed by atoms with Crippen LogP contribution < -0.4 is 0 Å². The van der Waals surface area contributed by atoms with Crippen LogP contribution in [-0.2, 0) is 0 Å². The summed E-state index contributed by atoms with van der Waals surface area (Å²) in [4.78, 5) is 18.2. The summed E-state index contributed by atoms with van der Waals surface area (Å²) in [6.45, 7) is 3.61. The van der Waals surface area contributed by atoms with Crippen LogP contribution in [0.15, 0.2) is 6.20 Å². The molecule has 0 unspecified atom stereocenters. The Balaban J connectivity index is 3.19. The van der Waals surface area contributed by atoms with E-state index in [4.69, 9.17) is 0 Å². The lowest BCUT2D eigenvalue weighted by atomic mass is 10.3. The molecule has 0 aliphatic heterocycles. The molecule has 3 nitrogen and oxygen atoms in total. The number of hydrogen-bond acceptors (Lipinski definition) is 3. The zero-order valence-electron chi connectivity index (χ0n) is 5.96. The molecule has 0 bridgehead atoms. The van der Waals surface area contributed by atoms with Gasteiger partial charge in [-0.05, 0) is 13.8 Å². The number of rotatable bonds is 1. The van der Waals surface area contributed by atoms with E-state index in [1.165, 1.54) is 0 Å². The molecule has 3 heteroatoms. The van der Waals surface area contributed by atoms with Crippen molar-refractivity contribution in [3.63, 3.8) is 0 Å². The molecule has 1 heterocycles. The third-order valence-electron chi connectivity index (χ3n) is 1.22. The molecule has 0 fully saturated rings. The molecule has 0 saturated carbocycles. The number of aromatic nitrogens is 2. The fourth-order valence-electron chi connectivity index (χ4n) is 0.723. The molecule has 10 heavy (non-hydrogen) atoms. The first-order valence-electron chi connectivity index (χ1n) is 2.99. The summed E-state index contributed by atoms with van der Waals surface area (Å²) >= 11 is 0. The molecule has 0 aliphatic carbocycles. The highest BCUT2D eigenvalue weighted by atomic mass is 16.1. The Kier molecular flexibility index (Phi) is 1.76. The van der Waals surface area contributed by atoms with Gasteiger partial charge < -0.3 is 0 Å². The number of aryl methyl sites for hydroxylation is 2. The van der Waals surface area contributed by atoms with E-state index >= 15 is 0 Å². The van der Waals surface area contributed by atoms with Crippen molar-refractivity contribution in [1.82, 2.24) is 9.97 Å². The lowest BCUT2D eigenvalue weighted by Crippen LogP contribution is -1.96. The Hall–Kier alpha value is -1.25. The minimum Gasteiger partial charge on any atom is -0.296 e. The average molecular weight is 136 g/mol. The maximum Gasteiger partial charge on any atom is 0.170 e. The molecule has 1 rings (SSSR count). The minimum absolute atomic E-state index is 0.422. The number of carbonyl (C=O) groups excluding carboxylic acids is 1. The van der Waals surface area contributed by atoms with E-state index < -0.39 is 0 Å². The van der Waals surface area contributed by atoms with E-state index in [9.17, 15) is 4.79 Å². The monoisotopic (exact) mass is 136 g/mol. The van der Waals surface area contributed by atoms with Crippen molar-refractivity contribution < 1.29 is 4.79 Å². The van der Waals surface area contributed by atoms with Gasteiger partial charge in [0.25, 0.3) is 0 Å². The molecule has 0 N–H and O–H groups in total. The molecule has 0 aromatic carbocycles. The Morgan fingerprint density at radius 2 is 2.20 bits per heavy atom. The topological polar surface area (TPSA) is 42.9 Å². The molecule has 1 aromatic rings. The normalized spacial score (nSPS) is 9.40.